The molecule has 7 heteroatoms. The second-order valence-electron chi connectivity index (χ2n) is 6.87. The van der Waals surface area contributed by atoms with Gasteiger partial charge in [0.05, 0.1) is 12.1 Å². The number of β-amino-alcohol motifs (C(OH)–C–C–N with tert-alkyl or cyclic N) is 1. The van der Waals surface area contributed by atoms with Gasteiger partial charge in [-0.15, -0.1) is 0 Å². The highest BCUT2D eigenvalue weighted by Crippen LogP contribution is 2.15. The Hall–Kier alpha value is -2.93. The van der Waals surface area contributed by atoms with Gasteiger partial charge in [-0.25, -0.2) is 0 Å². The van der Waals surface area contributed by atoms with Gasteiger partial charge in [-0.1, -0.05) is 18.2 Å². The van der Waals surface area contributed by atoms with E-state index in [-0.39, 0.29) is 18.0 Å². The summed E-state index contributed by atoms with van der Waals surface area (Å²) in [6, 6.07) is 9.90. The van der Waals surface area contributed by atoms with Crippen molar-refractivity contribution in [2.24, 2.45) is 0 Å². The number of amides is 2. The molecule has 2 amide bonds. The van der Waals surface area contributed by atoms with Crippen molar-refractivity contribution in [3.8, 4) is 0 Å². The minimum Gasteiger partial charge on any atom is -0.389 e. The third-order valence-corrected chi connectivity index (χ3v) is 4.95. The Kier molecular flexibility index (Phi) is 5.41. The Morgan fingerprint density at radius 3 is 2.59 bits per heavy atom. The Morgan fingerprint density at radius 2 is 1.93 bits per heavy atom. The number of nitrogens with zero attached hydrogens (tertiary/aromatic N) is 1. The van der Waals surface area contributed by atoms with Gasteiger partial charge in [-0.3, -0.25) is 14.4 Å². The van der Waals surface area contributed by atoms with E-state index >= 15 is 0 Å². The SMILES string of the molecule is Cc1cc(C(=O)N2CC[C@@H](NC(=O)c3ccccc3)[C@H](O)C2)c(=O)[nH]c1C. The number of nitrogens with one attached hydrogen (secondary N) is 2. The Balaban J connectivity index is 1.66. The van der Waals surface area contributed by atoms with Crippen LogP contribution in [0, 0.1) is 13.8 Å². The van der Waals surface area contributed by atoms with Crippen LogP contribution in [0.5, 0.6) is 0 Å². The van der Waals surface area contributed by atoms with E-state index in [4.69, 9.17) is 0 Å². The fraction of sp³-hybridized carbons (Fsp3) is 0.350. The summed E-state index contributed by atoms with van der Waals surface area (Å²) in [5.74, 6) is -0.670. The van der Waals surface area contributed by atoms with Gasteiger partial charge in [-0.05, 0) is 44.0 Å². The summed E-state index contributed by atoms with van der Waals surface area (Å²) < 4.78 is 0. The third kappa shape index (κ3) is 4.09. The molecule has 142 valence electrons. The lowest BCUT2D eigenvalue weighted by Crippen LogP contribution is -2.55. The minimum atomic E-state index is -0.902. The van der Waals surface area contributed by atoms with Crippen LogP contribution in [0.1, 0.15) is 38.4 Å². The van der Waals surface area contributed by atoms with Crippen LogP contribution in [0.15, 0.2) is 41.2 Å². The number of benzene rings is 1. The van der Waals surface area contributed by atoms with Crippen LogP contribution in [0.2, 0.25) is 0 Å². The van der Waals surface area contributed by atoms with Crippen LogP contribution < -0.4 is 10.9 Å². The van der Waals surface area contributed by atoms with Gasteiger partial charge in [0.1, 0.15) is 5.56 Å². The Morgan fingerprint density at radius 1 is 1.22 bits per heavy atom. The molecule has 1 aromatic heterocycles. The molecule has 2 atom stereocenters. The maximum Gasteiger partial charge on any atom is 0.261 e. The zero-order valence-corrected chi connectivity index (χ0v) is 15.4. The zero-order valence-electron chi connectivity index (χ0n) is 15.4. The van der Waals surface area contributed by atoms with E-state index in [9.17, 15) is 19.5 Å². The predicted octanol–water partition coefficient (Wildman–Crippen LogP) is 0.997. The first-order valence-electron chi connectivity index (χ1n) is 8.90. The molecule has 0 saturated carbocycles. The van der Waals surface area contributed by atoms with Gasteiger partial charge in [0.2, 0.25) is 0 Å². The molecule has 1 aliphatic rings. The number of aryl methyl sites for hydroxylation is 2. The molecule has 1 aromatic carbocycles. The number of hydrogen-bond donors (Lipinski definition) is 3. The number of piperidine rings is 1. The number of carbonyl (C=O) groups excluding carboxylic acids is 2. The van der Waals surface area contributed by atoms with Gasteiger partial charge >= 0.3 is 0 Å². The first-order valence-corrected chi connectivity index (χ1v) is 8.90. The molecule has 27 heavy (non-hydrogen) atoms. The van der Waals surface area contributed by atoms with Crippen molar-refractivity contribution in [2.75, 3.05) is 13.1 Å². The molecule has 0 unspecified atom stereocenters. The van der Waals surface area contributed by atoms with Crippen LogP contribution in [0.25, 0.3) is 0 Å². The number of aliphatic hydroxyl groups excluding tert-OH is 1. The van der Waals surface area contributed by atoms with Crippen molar-refractivity contribution < 1.29 is 14.7 Å². The average molecular weight is 369 g/mol. The van der Waals surface area contributed by atoms with Crippen LogP contribution in [0.3, 0.4) is 0 Å². The summed E-state index contributed by atoms with van der Waals surface area (Å²) in [6.07, 6.45) is -0.491. The summed E-state index contributed by atoms with van der Waals surface area (Å²) in [7, 11) is 0. The average Bonchev–Trinajstić information content (AvgIpc) is 2.66. The van der Waals surface area contributed by atoms with Crippen molar-refractivity contribution in [1.29, 1.82) is 0 Å². The van der Waals surface area contributed by atoms with Gasteiger partial charge in [0.25, 0.3) is 17.4 Å². The highest BCUT2D eigenvalue weighted by Gasteiger charge is 2.32. The number of carbonyl (C=O) groups is 2. The van der Waals surface area contributed by atoms with E-state index in [1.54, 1.807) is 37.3 Å². The predicted molar refractivity (Wildman–Crippen MR) is 101 cm³/mol. The Bertz CT molecular complexity index is 907. The Labute approximate surface area is 157 Å². The zero-order chi connectivity index (χ0) is 19.6. The fourth-order valence-corrected chi connectivity index (χ4v) is 3.18. The summed E-state index contributed by atoms with van der Waals surface area (Å²) in [6.45, 7) is 4.00. The normalized spacial score (nSPS) is 19.6. The number of rotatable bonds is 3. The van der Waals surface area contributed by atoms with Gasteiger partial charge in [0.15, 0.2) is 0 Å². The monoisotopic (exact) mass is 369 g/mol. The van der Waals surface area contributed by atoms with Gasteiger partial charge in [0, 0.05) is 24.3 Å². The third-order valence-electron chi connectivity index (χ3n) is 4.95. The van der Waals surface area contributed by atoms with Crippen LogP contribution >= 0.6 is 0 Å². The second-order valence-corrected chi connectivity index (χ2v) is 6.87. The first-order chi connectivity index (χ1) is 12.9. The van der Waals surface area contributed by atoms with E-state index in [0.717, 1.165) is 11.3 Å². The molecule has 1 fully saturated rings. The molecule has 3 N–H and O–H groups in total. The molecular formula is C20H23N3O4. The molecular weight excluding hydrogens is 346 g/mol. The lowest BCUT2D eigenvalue weighted by atomic mass is 10.00. The van der Waals surface area contributed by atoms with Gasteiger partial charge < -0.3 is 20.3 Å². The topological polar surface area (TPSA) is 102 Å². The van der Waals surface area contributed by atoms with E-state index in [2.05, 4.69) is 10.3 Å². The highest BCUT2D eigenvalue weighted by atomic mass is 16.3. The second kappa shape index (κ2) is 7.75. The number of aromatic amines is 1. The van der Waals surface area contributed by atoms with Crippen LogP contribution in [-0.4, -0.2) is 52.0 Å². The van der Waals surface area contributed by atoms with E-state index in [0.29, 0.717) is 18.5 Å². The summed E-state index contributed by atoms with van der Waals surface area (Å²) in [5.41, 5.74) is 1.70. The highest BCUT2D eigenvalue weighted by molar-refractivity contribution is 5.95. The van der Waals surface area contributed by atoms with Crippen molar-refractivity contribution in [3.63, 3.8) is 0 Å². The maximum absolute atomic E-state index is 12.7. The maximum atomic E-state index is 12.7. The number of hydrogen-bond acceptors (Lipinski definition) is 4. The molecule has 2 aromatic rings. The number of aliphatic hydroxyl groups is 1. The summed E-state index contributed by atoms with van der Waals surface area (Å²) in [5, 5.41) is 13.2. The molecule has 3 rings (SSSR count). The fourth-order valence-electron chi connectivity index (χ4n) is 3.18. The van der Waals surface area contributed by atoms with Crippen molar-refractivity contribution >= 4 is 11.8 Å². The minimum absolute atomic E-state index is 0.0605. The quantitative estimate of drug-likeness (QED) is 0.751. The molecule has 0 aliphatic carbocycles. The summed E-state index contributed by atoms with van der Waals surface area (Å²) >= 11 is 0. The number of pyridine rings is 1. The lowest BCUT2D eigenvalue weighted by Gasteiger charge is -2.36. The number of aromatic nitrogens is 1. The molecule has 1 aliphatic heterocycles. The molecule has 0 bridgehead atoms. The van der Waals surface area contributed by atoms with Crippen molar-refractivity contribution in [1.82, 2.24) is 15.2 Å². The molecule has 7 nitrogen and oxygen atoms in total. The molecule has 0 radical (unpaired) electrons. The molecule has 2 heterocycles. The molecule has 1 saturated heterocycles. The molecule has 0 spiro atoms. The number of likely N-dealkylation sites (tertiary alicyclic amines) is 1. The van der Waals surface area contributed by atoms with Crippen LogP contribution in [0.4, 0.5) is 0 Å². The first kappa shape index (κ1) is 18.8. The largest absolute Gasteiger partial charge is 0.389 e. The van der Waals surface area contributed by atoms with E-state index in [1.807, 2.05) is 13.0 Å². The smallest absolute Gasteiger partial charge is 0.261 e. The number of H-pyrrole nitrogens is 1. The van der Waals surface area contributed by atoms with Crippen molar-refractivity contribution in [2.45, 2.75) is 32.4 Å². The lowest BCUT2D eigenvalue weighted by molar-refractivity contribution is 0.0313. The van der Waals surface area contributed by atoms with Crippen molar-refractivity contribution in [3.05, 3.63) is 69.1 Å². The van der Waals surface area contributed by atoms with Gasteiger partial charge in [-0.2, -0.15) is 0 Å². The summed E-state index contributed by atoms with van der Waals surface area (Å²) in [4.78, 5) is 41.2. The standard InChI is InChI=1S/C20H23N3O4/c1-12-10-15(19(26)21-13(12)2)20(27)23-9-8-16(17(24)11-23)22-18(25)14-6-4-3-5-7-14/h3-7,10,16-17,24H,8-9,11H2,1-2H3,(H,21,26)(H,22,25)/t16-,17-/m1/s1. The van der Waals surface area contributed by atoms with E-state index in [1.165, 1.54) is 4.90 Å². The van der Waals surface area contributed by atoms with Crippen LogP contribution in [-0.2, 0) is 0 Å². The van der Waals surface area contributed by atoms with E-state index < -0.39 is 23.6 Å².